The highest BCUT2D eigenvalue weighted by atomic mass is 16.1. The van der Waals surface area contributed by atoms with Gasteiger partial charge in [0.25, 0.3) is 5.91 Å². The third kappa shape index (κ3) is 6.36. The highest BCUT2D eigenvalue weighted by Gasteiger charge is 2.01. The van der Waals surface area contributed by atoms with Crippen LogP contribution >= 0.6 is 0 Å². The molecule has 0 saturated heterocycles. The lowest BCUT2D eigenvalue weighted by Gasteiger charge is -2.09. The number of nitrogens with zero attached hydrogens (tertiary/aromatic N) is 1. The number of amides is 1. The van der Waals surface area contributed by atoms with Crippen molar-refractivity contribution in [3.8, 4) is 0 Å². The normalized spacial score (nSPS) is 10.7. The second-order valence-electron chi connectivity index (χ2n) is 4.96. The Hall–Kier alpha value is -1.39. The Morgan fingerprint density at radius 1 is 1.16 bits per heavy atom. The quantitative estimate of drug-likeness (QED) is 0.698. The third-order valence-corrected chi connectivity index (χ3v) is 2.98. The molecule has 0 radical (unpaired) electrons. The summed E-state index contributed by atoms with van der Waals surface area (Å²) in [6.07, 6.45) is 2.41. The van der Waals surface area contributed by atoms with Gasteiger partial charge in [-0.15, -0.1) is 0 Å². The summed E-state index contributed by atoms with van der Waals surface area (Å²) in [5, 5.41) is 6.04. The molecule has 0 aliphatic rings. The molecule has 0 atom stereocenters. The van der Waals surface area contributed by atoms with Crippen LogP contribution in [0.15, 0.2) is 24.3 Å². The minimum atomic E-state index is -0.0387. The molecule has 1 rings (SSSR count). The fraction of sp³-hybridized carbons (Fsp3) is 0.533. The van der Waals surface area contributed by atoms with Crippen LogP contribution in [0.1, 0.15) is 28.8 Å². The van der Waals surface area contributed by atoms with E-state index in [1.54, 1.807) is 7.05 Å². The zero-order valence-corrected chi connectivity index (χ0v) is 12.2. The van der Waals surface area contributed by atoms with Gasteiger partial charge < -0.3 is 15.5 Å². The Morgan fingerprint density at radius 3 is 2.42 bits per heavy atom. The van der Waals surface area contributed by atoms with Gasteiger partial charge in [-0.1, -0.05) is 12.1 Å². The molecule has 1 aromatic carbocycles. The summed E-state index contributed by atoms with van der Waals surface area (Å²) in [5.74, 6) is -0.0387. The first-order chi connectivity index (χ1) is 9.13. The largest absolute Gasteiger partial charge is 0.355 e. The summed E-state index contributed by atoms with van der Waals surface area (Å²) < 4.78 is 0. The van der Waals surface area contributed by atoms with E-state index in [4.69, 9.17) is 0 Å². The van der Waals surface area contributed by atoms with Crippen LogP contribution in [0.2, 0.25) is 0 Å². The van der Waals surface area contributed by atoms with Crippen LogP contribution in [0, 0.1) is 0 Å². The Balaban J connectivity index is 2.21. The molecule has 0 saturated carbocycles. The molecule has 4 nitrogen and oxygen atoms in total. The molecule has 0 aromatic heterocycles. The number of hydrogen-bond donors (Lipinski definition) is 2. The van der Waals surface area contributed by atoms with E-state index in [0.717, 1.165) is 19.6 Å². The molecular weight excluding hydrogens is 238 g/mol. The lowest BCUT2D eigenvalue weighted by atomic mass is 10.1. The lowest BCUT2D eigenvalue weighted by Crippen LogP contribution is -2.19. The van der Waals surface area contributed by atoms with E-state index >= 15 is 0 Å². The third-order valence-electron chi connectivity index (χ3n) is 2.98. The summed E-state index contributed by atoms with van der Waals surface area (Å²) in [6.45, 7) is 3.03. The predicted octanol–water partition coefficient (Wildman–Crippen LogP) is 1.48. The Bertz CT molecular complexity index is 373. The Morgan fingerprint density at radius 2 is 1.84 bits per heavy atom. The number of nitrogens with one attached hydrogen (secondary N) is 2. The predicted molar refractivity (Wildman–Crippen MR) is 79.3 cm³/mol. The number of unbranched alkanes of at least 4 members (excludes halogenated alkanes) is 1. The highest BCUT2D eigenvalue weighted by Crippen LogP contribution is 2.04. The van der Waals surface area contributed by atoms with Gasteiger partial charge in [0.15, 0.2) is 0 Å². The standard InChI is InChI=1S/C15H25N3O/c1-16-15(19)14-8-6-13(7-9-14)12-17-10-4-5-11-18(2)3/h6-9,17H,4-5,10-12H2,1-3H3,(H,16,19). The fourth-order valence-corrected chi connectivity index (χ4v) is 1.83. The maximum atomic E-state index is 11.4. The monoisotopic (exact) mass is 263 g/mol. The van der Waals surface area contributed by atoms with Crippen LogP contribution in [0.4, 0.5) is 0 Å². The summed E-state index contributed by atoms with van der Waals surface area (Å²) in [5.41, 5.74) is 1.91. The Labute approximate surface area is 116 Å². The molecule has 1 amide bonds. The van der Waals surface area contributed by atoms with Gasteiger partial charge in [0.2, 0.25) is 0 Å². The molecule has 0 heterocycles. The van der Waals surface area contributed by atoms with Crippen LogP contribution in [-0.4, -0.2) is 45.0 Å². The summed E-state index contributed by atoms with van der Waals surface area (Å²) in [7, 11) is 5.84. The van der Waals surface area contributed by atoms with Crippen molar-refractivity contribution in [1.29, 1.82) is 0 Å². The molecular formula is C15H25N3O. The van der Waals surface area contributed by atoms with Crippen molar-refractivity contribution >= 4 is 5.91 Å². The van der Waals surface area contributed by atoms with Gasteiger partial charge in [0.1, 0.15) is 0 Å². The van der Waals surface area contributed by atoms with Crippen LogP contribution in [0.5, 0.6) is 0 Å². The van der Waals surface area contributed by atoms with E-state index in [1.165, 1.54) is 18.4 Å². The van der Waals surface area contributed by atoms with Gasteiger partial charge in [-0.25, -0.2) is 0 Å². The number of carbonyl (C=O) groups excluding carboxylic acids is 1. The summed E-state index contributed by atoms with van der Waals surface area (Å²) in [6, 6.07) is 7.72. The number of rotatable bonds is 8. The Kier molecular flexibility index (Phi) is 7.15. The second kappa shape index (κ2) is 8.67. The molecule has 1 aromatic rings. The molecule has 0 bridgehead atoms. The minimum Gasteiger partial charge on any atom is -0.355 e. The smallest absolute Gasteiger partial charge is 0.251 e. The molecule has 19 heavy (non-hydrogen) atoms. The van der Waals surface area contributed by atoms with Crippen molar-refractivity contribution < 1.29 is 4.79 Å². The first kappa shape index (κ1) is 15.7. The summed E-state index contributed by atoms with van der Waals surface area (Å²) in [4.78, 5) is 13.6. The van der Waals surface area contributed by atoms with Gasteiger partial charge in [-0.2, -0.15) is 0 Å². The van der Waals surface area contributed by atoms with Crippen LogP contribution in [0.25, 0.3) is 0 Å². The van der Waals surface area contributed by atoms with Crippen molar-refractivity contribution in [2.75, 3.05) is 34.2 Å². The van der Waals surface area contributed by atoms with Crippen LogP contribution in [0.3, 0.4) is 0 Å². The van der Waals surface area contributed by atoms with Crippen LogP contribution < -0.4 is 10.6 Å². The molecule has 0 spiro atoms. The summed E-state index contributed by atoms with van der Waals surface area (Å²) >= 11 is 0. The van der Waals surface area contributed by atoms with Crippen molar-refractivity contribution in [2.24, 2.45) is 0 Å². The van der Waals surface area contributed by atoms with Crippen molar-refractivity contribution in [3.63, 3.8) is 0 Å². The zero-order valence-electron chi connectivity index (χ0n) is 12.2. The average Bonchev–Trinajstić information content (AvgIpc) is 2.42. The van der Waals surface area contributed by atoms with E-state index < -0.39 is 0 Å². The van der Waals surface area contributed by atoms with Gasteiger partial charge in [-0.05, 0) is 57.7 Å². The second-order valence-corrected chi connectivity index (χ2v) is 4.96. The first-order valence-corrected chi connectivity index (χ1v) is 6.80. The molecule has 4 heteroatoms. The van der Waals surface area contributed by atoms with Crippen molar-refractivity contribution in [2.45, 2.75) is 19.4 Å². The first-order valence-electron chi connectivity index (χ1n) is 6.80. The lowest BCUT2D eigenvalue weighted by molar-refractivity contribution is 0.0963. The van der Waals surface area contributed by atoms with Gasteiger partial charge in [-0.3, -0.25) is 4.79 Å². The number of benzene rings is 1. The zero-order chi connectivity index (χ0) is 14.1. The molecule has 0 fully saturated rings. The topological polar surface area (TPSA) is 44.4 Å². The van der Waals surface area contributed by atoms with Crippen molar-refractivity contribution in [3.05, 3.63) is 35.4 Å². The fourth-order valence-electron chi connectivity index (χ4n) is 1.83. The highest BCUT2D eigenvalue weighted by molar-refractivity contribution is 5.93. The molecule has 0 unspecified atom stereocenters. The van der Waals surface area contributed by atoms with Gasteiger partial charge in [0, 0.05) is 19.2 Å². The van der Waals surface area contributed by atoms with E-state index in [-0.39, 0.29) is 5.91 Å². The minimum absolute atomic E-state index is 0.0387. The van der Waals surface area contributed by atoms with E-state index in [9.17, 15) is 4.79 Å². The van der Waals surface area contributed by atoms with Crippen LogP contribution in [-0.2, 0) is 6.54 Å². The van der Waals surface area contributed by atoms with E-state index in [1.807, 2.05) is 24.3 Å². The van der Waals surface area contributed by atoms with E-state index in [2.05, 4.69) is 29.6 Å². The average molecular weight is 263 g/mol. The molecule has 106 valence electrons. The number of carbonyl (C=O) groups is 1. The number of hydrogen-bond acceptors (Lipinski definition) is 3. The van der Waals surface area contributed by atoms with E-state index in [0.29, 0.717) is 5.56 Å². The SMILES string of the molecule is CNC(=O)c1ccc(CNCCCCN(C)C)cc1. The molecule has 0 aliphatic heterocycles. The molecule has 0 aliphatic carbocycles. The maximum absolute atomic E-state index is 11.4. The molecule has 2 N–H and O–H groups in total. The van der Waals surface area contributed by atoms with Gasteiger partial charge in [0.05, 0.1) is 0 Å². The maximum Gasteiger partial charge on any atom is 0.251 e. The van der Waals surface area contributed by atoms with Gasteiger partial charge >= 0.3 is 0 Å². The van der Waals surface area contributed by atoms with Crippen molar-refractivity contribution in [1.82, 2.24) is 15.5 Å².